The fourth-order valence-electron chi connectivity index (χ4n) is 3.61. The van der Waals surface area contributed by atoms with Gasteiger partial charge < -0.3 is 5.32 Å². The standard InChI is InChI=1S/C26H21N3/c1-28-18-19-12-13-29-25(16-19)24-15-20(17-27)14-23(21-8-4-2-5-9-21)26(24)22-10-6-3-7-11-22/h2-16,28H,18H2,1H3. The van der Waals surface area contributed by atoms with Crippen LogP contribution in [0.25, 0.3) is 33.5 Å². The zero-order chi connectivity index (χ0) is 20.1. The molecule has 4 rings (SSSR count). The Morgan fingerprint density at radius 2 is 1.48 bits per heavy atom. The smallest absolute Gasteiger partial charge is 0.0992 e. The van der Waals surface area contributed by atoms with Gasteiger partial charge in [-0.25, -0.2) is 0 Å². The highest BCUT2D eigenvalue weighted by Crippen LogP contribution is 2.40. The number of rotatable bonds is 5. The number of hydrogen-bond donors (Lipinski definition) is 1. The van der Waals surface area contributed by atoms with Crippen LogP contribution in [0.15, 0.2) is 91.1 Å². The zero-order valence-corrected chi connectivity index (χ0v) is 16.3. The molecule has 1 aromatic heterocycles. The van der Waals surface area contributed by atoms with Crippen LogP contribution in [0.2, 0.25) is 0 Å². The highest BCUT2D eigenvalue weighted by molar-refractivity contribution is 5.94. The molecule has 0 atom stereocenters. The first kappa shape index (κ1) is 18.6. The van der Waals surface area contributed by atoms with Gasteiger partial charge in [0, 0.05) is 18.3 Å². The molecule has 1 heterocycles. The van der Waals surface area contributed by atoms with E-state index in [4.69, 9.17) is 0 Å². The van der Waals surface area contributed by atoms with Crippen molar-refractivity contribution in [1.82, 2.24) is 10.3 Å². The molecular weight excluding hydrogens is 354 g/mol. The quantitative estimate of drug-likeness (QED) is 0.489. The van der Waals surface area contributed by atoms with E-state index in [-0.39, 0.29) is 0 Å². The van der Waals surface area contributed by atoms with Crippen LogP contribution in [0.4, 0.5) is 0 Å². The van der Waals surface area contributed by atoms with Crippen LogP contribution in [0, 0.1) is 11.3 Å². The monoisotopic (exact) mass is 375 g/mol. The minimum Gasteiger partial charge on any atom is -0.316 e. The largest absolute Gasteiger partial charge is 0.316 e. The third kappa shape index (κ3) is 3.94. The van der Waals surface area contributed by atoms with Crippen molar-refractivity contribution in [3.8, 4) is 39.6 Å². The maximum absolute atomic E-state index is 9.70. The van der Waals surface area contributed by atoms with Crippen LogP contribution in [0.3, 0.4) is 0 Å². The molecule has 3 heteroatoms. The number of aromatic nitrogens is 1. The van der Waals surface area contributed by atoms with E-state index < -0.39 is 0 Å². The van der Waals surface area contributed by atoms with Gasteiger partial charge in [-0.15, -0.1) is 0 Å². The molecule has 0 saturated carbocycles. The summed E-state index contributed by atoms with van der Waals surface area (Å²) in [6.07, 6.45) is 1.83. The molecule has 0 fully saturated rings. The van der Waals surface area contributed by atoms with Gasteiger partial charge in [-0.3, -0.25) is 4.98 Å². The summed E-state index contributed by atoms with van der Waals surface area (Å²) in [6, 6.07) is 30.9. The Morgan fingerprint density at radius 1 is 0.828 bits per heavy atom. The average molecular weight is 375 g/mol. The Kier molecular flexibility index (Phi) is 5.47. The van der Waals surface area contributed by atoms with E-state index in [1.807, 2.05) is 67.8 Å². The molecule has 4 aromatic rings. The highest BCUT2D eigenvalue weighted by Gasteiger charge is 2.17. The van der Waals surface area contributed by atoms with Gasteiger partial charge in [0.25, 0.3) is 0 Å². The van der Waals surface area contributed by atoms with Crippen molar-refractivity contribution < 1.29 is 0 Å². The molecule has 0 aliphatic heterocycles. The fourth-order valence-corrected chi connectivity index (χ4v) is 3.61. The van der Waals surface area contributed by atoms with Gasteiger partial charge in [0.1, 0.15) is 0 Å². The van der Waals surface area contributed by atoms with Gasteiger partial charge in [-0.2, -0.15) is 5.26 Å². The normalized spacial score (nSPS) is 10.5. The third-order valence-electron chi connectivity index (χ3n) is 4.90. The second-order valence-corrected chi connectivity index (χ2v) is 6.87. The summed E-state index contributed by atoms with van der Waals surface area (Å²) in [7, 11) is 1.93. The van der Waals surface area contributed by atoms with E-state index in [1.165, 1.54) is 0 Å². The van der Waals surface area contributed by atoms with Crippen molar-refractivity contribution in [2.45, 2.75) is 6.54 Å². The minimum atomic E-state index is 0.624. The first-order valence-corrected chi connectivity index (χ1v) is 9.59. The van der Waals surface area contributed by atoms with Gasteiger partial charge in [0.05, 0.1) is 17.3 Å². The van der Waals surface area contributed by atoms with Crippen LogP contribution in [-0.2, 0) is 6.54 Å². The number of nitrogens with zero attached hydrogens (tertiary/aromatic N) is 2. The lowest BCUT2D eigenvalue weighted by Gasteiger charge is -2.17. The van der Waals surface area contributed by atoms with Crippen molar-refractivity contribution in [3.63, 3.8) is 0 Å². The molecular formula is C26H21N3. The SMILES string of the molecule is CNCc1ccnc(-c2cc(C#N)cc(-c3ccccc3)c2-c2ccccc2)c1. The lowest BCUT2D eigenvalue weighted by molar-refractivity contribution is 0.816. The van der Waals surface area contributed by atoms with E-state index in [9.17, 15) is 5.26 Å². The number of hydrogen-bond acceptors (Lipinski definition) is 3. The molecule has 29 heavy (non-hydrogen) atoms. The topological polar surface area (TPSA) is 48.7 Å². The molecule has 0 amide bonds. The number of benzene rings is 3. The van der Waals surface area contributed by atoms with Crippen LogP contribution in [0.5, 0.6) is 0 Å². The molecule has 3 nitrogen and oxygen atoms in total. The molecule has 0 aliphatic carbocycles. The summed E-state index contributed by atoms with van der Waals surface area (Å²) in [5.41, 5.74) is 7.91. The summed E-state index contributed by atoms with van der Waals surface area (Å²) in [5, 5.41) is 12.9. The second kappa shape index (κ2) is 8.52. The maximum atomic E-state index is 9.70. The van der Waals surface area contributed by atoms with Gasteiger partial charge in [0.2, 0.25) is 0 Å². The first-order chi connectivity index (χ1) is 14.3. The molecule has 0 aliphatic rings. The molecule has 140 valence electrons. The van der Waals surface area contributed by atoms with Crippen molar-refractivity contribution >= 4 is 0 Å². The van der Waals surface area contributed by atoms with E-state index in [0.29, 0.717) is 5.56 Å². The van der Waals surface area contributed by atoms with E-state index in [1.54, 1.807) is 0 Å². The molecule has 0 saturated heterocycles. The highest BCUT2D eigenvalue weighted by atomic mass is 14.8. The Bertz CT molecular complexity index is 1160. The summed E-state index contributed by atoms with van der Waals surface area (Å²) >= 11 is 0. The number of nitriles is 1. The predicted octanol–water partition coefficient (Wildman–Crippen LogP) is 5.67. The summed E-state index contributed by atoms with van der Waals surface area (Å²) < 4.78 is 0. The number of nitrogens with one attached hydrogen (secondary N) is 1. The van der Waals surface area contributed by atoms with Gasteiger partial charge in [-0.1, -0.05) is 60.7 Å². The Labute approximate surface area is 171 Å². The molecule has 1 N–H and O–H groups in total. The van der Waals surface area contributed by atoms with E-state index in [0.717, 1.165) is 45.6 Å². The van der Waals surface area contributed by atoms with Crippen LogP contribution < -0.4 is 5.32 Å². The van der Waals surface area contributed by atoms with Crippen molar-refractivity contribution in [2.75, 3.05) is 7.05 Å². The lowest BCUT2D eigenvalue weighted by Crippen LogP contribution is -2.05. The summed E-state index contributed by atoms with van der Waals surface area (Å²) in [4.78, 5) is 4.65. The fraction of sp³-hybridized carbons (Fsp3) is 0.0769. The van der Waals surface area contributed by atoms with Crippen LogP contribution in [-0.4, -0.2) is 12.0 Å². The van der Waals surface area contributed by atoms with Gasteiger partial charge in [0.15, 0.2) is 0 Å². The van der Waals surface area contributed by atoms with Crippen molar-refractivity contribution in [2.24, 2.45) is 0 Å². The Balaban J connectivity index is 2.04. The molecule has 0 radical (unpaired) electrons. The maximum Gasteiger partial charge on any atom is 0.0992 e. The Hall–Kier alpha value is -3.74. The van der Waals surface area contributed by atoms with Crippen molar-refractivity contribution in [3.05, 3.63) is 102 Å². The zero-order valence-electron chi connectivity index (χ0n) is 16.3. The second-order valence-electron chi connectivity index (χ2n) is 6.87. The van der Waals surface area contributed by atoms with Gasteiger partial charge >= 0.3 is 0 Å². The minimum absolute atomic E-state index is 0.624. The van der Waals surface area contributed by atoms with Crippen LogP contribution in [0.1, 0.15) is 11.1 Å². The molecule has 3 aromatic carbocycles. The average Bonchev–Trinajstić information content (AvgIpc) is 2.80. The van der Waals surface area contributed by atoms with E-state index >= 15 is 0 Å². The Morgan fingerprint density at radius 3 is 2.14 bits per heavy atom. The van der Waals surface area contributed by atoms with Crippen LogP contribution >= 0.6 is 0 Å². The first-order valence-electron chi connectivity index (χ1n) is 9.59. The summed E-state index contributed by atoms with van der Waals surface area (Å²) in [6.45, 7) is 0.764. The van der Waals surface area contributed by atoms with Crippen molar-refractivity contribution in [1.29, 1.82) is 5.26 Å². The molecule has 0 bridgehead atoms. The van der Waals surface area contributed by atoms with E-state index in [2.05, 4.69) is 46.7 Å². The summed E-state index contributed by atoms with van der Waals surface area (Å²) in [5.74, 6) is 0. The predicted molar refractivity (Wildman–Crippen MR) is 118 cm³/mol. The molecule has 0 spiro atoms. The lowest BCUT2D eigenvalue weighted by atomic mass is 9.87. The number of pyridine rings is 1. The molecule has 0 unspecified atom stereocenters. The van der Waals surface area contributed by atoms with Gasteiger partial charge in [-0.05, 0) is 59.1 Å². The third-order valence-corrected chi connectivity index (χ3v) is 4.90.